The molecule has 0 aromatic carbocycles. The van der Waals surface area contributed by atoms with E-state index < -0.39 is 54.5 Å². The number of nitrogens with zero attached hydrogens (tertiary/aromatic N) is 1. The minimum Gasteiger partial charge on any atom is -0.480 e. The van der Waals surface area contributed by atoms with Crippen LogP contribution in [-0.4, -0.2) is 82.7 Å². The average molecular weight is 444 g/mol. The van der Waals surface area contributed by atoms with Crippen LogP contribution >= 0.6 is 0 Å². The summed E-state index contributed by atoms with van der Waals surface area (Å²) in [6.45, 7) is 3.90. The van der Waals surface area contributed by atoms with Crippen molar-refractivity contribution >= 4 is 23.7 Å². The van der Waals surface area contributed by atoms with Gasteiger partial charge in [-0.05, 0) is 51.0 Å². The van der Waals surface area contributed by atoms with E-state index in [2.05, 4.69) is 10.6 Å². The summed E-state index contributed by atoms with van der Waals surface area (Å²) in [7, 11) is 0. The molecule has 0 aromatic rings. The van der Waals surface area contributed by atoms with E-state index >= 15 is 0 Å². The smallest absolute Gasteiger partial charge is 0.328 e. The second-order valence-electron chi connectivity index (χ2n) is 8.35. The maximum Gasteiger partial charge on any atom is 0.328 e. The van der Waals surface area contributed by atoms with Gasteiger partial charge < -0.3 is 37.2 Å². The van der Waals surface area contributed by atoms with Crippen LogP contribution in [0.3, 0.4) is 0 Å². The van der Waals surface area contributed by atoms with Crippen LogP contribution < -0.4 is 22.1 Å². The van der Waals surface area contributed by atoms with Crippen molar-refractivity contribution in [1.82, 2.24) is 15.5 Å². The maximum absolute atomic E-state index is 13.2. The molecule has 0 saturated carbocycles. The molecule has 8 N–H and O–H groups in total. The topological polar surface area (TPSA) is 188 Å². The van der Waals surface area contributed by atoms with Crippen LogP contribution in [0.5, 0.6) is 0 Å². The number of hydrogen-bond acceptors (Lipinski definition) is 7. The first-order chi connectivity index (χ1) is 14.6. The van der Waals surface area contributed by atoms with Crippen LogP contribution in [0.1, 0.15) is 52.4 Å². The minimum atomic E-state index is -1.45. The van der Waals surface area contributed by atoms with E-state index in [1.54, 1.807) is 0 Å². The van der Waals surface area contributed by atoms with Crippen LogP contribution in [0.2, 0.25) is 0 Å². The van der Waals surface area contributed by atoms with Crippen molar-refractivity contribution in [1.29, 1.82) is 0 Å². The van der Waals surface area contributed by atoms with Gasteiger partial charge >= 0.3 is 5.97 Å². The predicted molar refractivity (Wildman–Crippen MR) is 114 cm³/mol. The molecule has 3 amide bonds. The van der Waals surface area contributed by atoms with Crippen LogP contribution in [0.15, 0.2) is 0 Å². The van der Waals surface area contributed by atoms with Gasteiger partial charge in [-0.3, -0.25) is 14.4 Å². The van der Waals surface area contributed by atoms with Crippen molar-refractivity contribution in [3.05, 3.63) is 0 Å². The number of carboxylic acid groups (broad SMARTS) is 1. The first-order valence-corrected chi connectivity index (χ1v) is 10.8. The van der Waals surface area contributed by atoms with Crippen LogP contribution in [-0.2, 0) is 19.2 Å². The Kier molecular flexibility index (Phi) is 11.4. The lowest BCUT2D eigenvalue weighted by molar-refractivity contribution is -0.145. The van der Waals surface area contributed by atoms with Gasteiger partial charge in [0, 0.05) is 6.54 Å². The second-order valence-corrected chi connectivity index (χ2v) is 8.35. The normalized spacial score (nSPS) is 19.0. The van der Waals surface area contributed by atoms with Gasteiger partial charge in [-0.2, -0.15) is 0 Å². The van der Waals surface area contributed by atoms with Gasteiger partial charge in [0.1, 0.15) is 18.1 Å². The molecule has 4 unspecified atom stereocenters. The molecule has 1 aliphatic rings. The Morgan fingerprint density at radius 2 is 1.81 bits per heavy atom. The Morgan fingerprint density at radius 3 is 2.35 bits per heavy atom. The lowest BCUT2D eigenvalue weighted by Gasteiger charge is -2.30. The van der Waals surface area contributed by atoms with Gasteiger partial charge in [0.25, 0.3) is 0 Å². The summed E-state index contributed by atoms with van der Waals surface area (Å²) in [4.78, 5) is 50.8. The van der Waals surface area contributed by atoms with Gasteiger partial charge in [0.05, 0.1) is 12.6 Å². The van der Waals surface area contributed by atoms with Crippen LogP contribution in [0.4, 0.5) is 0 Å². The zero-order valence-electron chi connectivity index (χ0n) is 18.4. The molecule has 1 aliphatic heterocycles. The highest BCUT2D eigenvalue weighted by Crippen LogP contribution is 2.20. The van der Waals surface area contributed by atoms with E-state index in [0.29, 0.717) is 51.6 Å². The highest BCUT2D eigenvalue weighted by molar-refractivity contribution is 5.94. The number of rotatable bonds is 13. The number of unbranched alkanes of at least 4 members (excludes halogenated alkanes) is 1. The molecule has 4 atom stereocenters. The van der Waals surface area contributed by atoms with E-state index in [1.165, 1.54) is 4.90 Å². The lowest BCUT2D eigenvalue weighted by atomic mass is 10.0. The number of likely N-dealkylation sites (tertiary alicyclic amines) is 1. The Morgan fingerprint density at radius 1 is 1.13 bits per heavy atom. The third-order valence-corrected chi connectivity index (χ3v) is 5.26. The molecule has 11 heteroatoms. The molecule has 0 aliphatic carbocycles. The first-order valence-electron chi connectivity index (χ1n) is 10.8. The molecule has 0 spiro atoms. The third-order valence-electron chi connectivity index (χ3n) is 5.26. The van der Waals surface area contributed by atoms with Crippen LogP contribution in [0, 0.1) is 5.92 Å². The zero-order valence-corrected chi connectivity index (χ0v) is 18.4. The number of aliphatic hydroxyl groups is 1. The van der Waals surface area contributed by atoms with Crippen molar-refractivity contribution in [2.75, 3.05) is 19.7 Å². The predicted octanol–water partition coefficient (Wildman–Crippen LogP) is -1.47. The number of aliphatic hydroxyl groups excluding tert-OH is 1. The first kappa shape index (κ1) is 26.8. The summed E-state index contributed by atoms with van der Waals surface area (Å²) >= 11 is 0. The summed E-state index contributed by atoms with van der Waals surface area (Å²) in [5.74, 6) is -2.62. The molecule has 1 saturated heterocycles. The summed E-state index contributed by atoms with van der Waals surface area (Å²) in [5.41, 5.74) is 11.5. The van der Waals surface area contributed by atoms with Crippen LogP contribution in [0.25, 0.3) is 0 Å². The fourth-order valence-corrected chi connectivity index (χ4v) is 3.60. The number of hydrogen-bond donors (Lipinski definition) is 6. The number of nitrogens with one attached hydrogen (secondary N) is 2. The number of carbonyl (C=O) groups is 4. The van der Waals surface area contributed by atoms with E-state index in [4.69, 9.17) is 21.7 Å². The molecule has 0 radical (unpaired) electrons. The lowest BCUT2D eigenvalue weighted by Crippen LogP contribution is -2.57. The molecule has 11 nitrogen and oxygen atoms in total. The average Bonchev–Trinajstić information content (AvgIpc) is 3.19. The monoisotopic (exact) mass is 443 g/mol. The van der Waals surface area contributed by atoms with Crippen molar-refractivity contribution in [2.45, 2.75) is 76.5 Å². The SMILES string of the molecule is CC(C)CC(N)C(=O)NC(CCCCN)C(=O)N1CCCC1C(=O)NC(CO)C(=O)O. The molecule has 1 fully saturated rings. The standard InChI is InChI=1S/C20H37N5O6/c1-12(2)10-13(22)17(27)23-14(6-3-4-8-21)19(29)25-9-5-7-16(25)18(28)24-15(11-26)20(30)31/h12-16,26H,3-11,21-22H2,1-2H3,(H,23,27)(H,24,28)(H,30,31). The summed E-state index contributed by atoms with van der Waals surface area (Å²) in [6, 6.07) is -3.90. The molecule has 1 heterocycles. The fraction of sp³-hybridized carbons (Fsp3) is 0.800. The highest BCUT2D eigenvalue weighted by Gasteiger charge is 2.38. The quantitative estimate of drug-likeness (QED) is 0.186. The number of carboxylic acids is 1. The van der Waals surface area contributed by atoms with E-state index in [1.807, 2.05) is 13.8 Å². The number of amides is 3. The molecule has 0 aromatic heterocycles. The Balaban J connectivity index is 2.91. The van der Waals surface area contributed by atoms with E-state index in [0.717, 1.165) is 0 Å². The molecular weight excluding hydrogens is 406 g/mol. The zero-order chi connectivity index (χ0) is 23.6. The molecule has 0 bridgehead atoms. The summed E-state index contributed by atoms with van der Waals surface area (Å²) < 4.78 is 0. The van der Waals surface area contributed by atoms with E-state index in [-0.39, 0.29) is 5.92 Å². The van der Waals surface area contributed by atoms with Crippen molar-refractivity contribution in [3.8, 4) is 0 Å². The Labute approximate surface area is 182 Å². The second kappa shape index (κ2) is 13.2. The number of carbonyl (C=O) groups excluding carboxylic acids is 3. The molecule has 1 rings (SSSR count). The van der Waals surface area contributed by atoms with Gasteiger partial charge in [-0.1, -0.05) is 13.8 Å². The summed E-state index contributed by atoms with van der Waals surface area (Å²) in [6.07, 6.45) is 3.06. The molecule has 31 heavy (non-hydrogen) atoms. The third kappa shape index (κ3) is 8.42. The van der Waals surface area contributed by atoms with Gasteiger partial charge in [0.2, 0.25) is 17.7 Å². The number of aliphatic carboxylic acids is 1. The Hall–Kier alpha value is -2.24. The summed E-state index contributed by atoms with van der Waals surface area (Å²) in [5, 5.41) is 23.2. The van der Waals surface area contributed by atoms with Gasteiger partial charge in [0.15, 0.2) is 0 Å². The van der Waals surface area contributed by atoms with Crippen molar-refractivity contribution in [2.24, 2.45) is 17.4 Å². The van der Waals surface area contributed by atoms with Crippen molar-refractivity contribution < 1.29 is 29.4 Å². The van der Waals surface area contributed by atoms with Gasteiger partial charge in [-0.15, -0.1) is 0 Å². The molecular formula is C20H37N5O6. The fourth-order valence-electron chi connectivity index (χ4n) is 3.60. The highest BCUT2D eigenvalue weighted by atomic mass is 16.4. The molecule has 178 valence electrons. The van der Waals surface area contributed by atoms with Gasteiger partial charge in [-0.25, -0.2) is 4.79 Å². The number of nitrogens with two attached hydrogens (primary N) is 2. The maximum atomic E-state index is 13.2. The minimum absolute atomic E-state index is 0.215. The van der Waals surface area contributed by atoms with E-state index in [9.17, 15) is 19.2 Å². The Bertz CT molecular complexity index is 629. The largest absolute Gasteiger partial charge is 0.480 e. The van der Waals surface area contributed by atoms with Crippen molar-refractivity contribution in [3.63, 3.8) is 0 Å².